The molecule has 3 aromatic carbocycles. The molecule has 2 N–H and O–H groups in total. The van der Waals surface area contributed by atoms with Gasteiger partial charge in [-0.25, -0.2) is 9.59 Å². The van der Waals surface area contributed by atoms with Crippen molar-refractivity contribution in [3.05, 3.63) is 90.5 Å². The molecule has 1 atom stereocenters. The van der Waals surface area contributed by atoms with Crippen LogP contribution in [-0.4, -0.2) is 29.8 Å². The van der Waals surface area contributed by atoms with Crippen LogP contribution in [0.15, 0.2) is 84.9 Å². The number of carbonyl (C=O) groups excluding carboxylic acids is 1. The number of hydrogen-bond acceptors (Lipinski definition) is 5. The molecule has 0 saturated heterocycles. The Morgan fingerprint density at radius 2 is 1.37 bits per heavy atom. The van der Waals surface area contributed by atoms with Crippen LogP contribution in [0.5, 0.6) is 17.2 Å². The van der Waals surface area contributed by atoms with E-state index >= 15 is 0 Å². The Kier molecular flexibility index (Phi) is 7.27. The summed E-state index contributed by atoms with van der Waals surface area (Å²) in [6.07, 6.45) is -0.832. The summed E-state index contributed by atoms with van der Waals surface area (Å²) < 4.78 is 16.2. The van der Waals surface area contributed by atoms with Gasteiger partial charge in [0.1, 0.15) is 30.5 Å². The van der Waals surface area contributed by atoms with Gasteiger partial charge in [-0.05, 0) is 42.0 Å². The van der Waals surface area contributed by atoms with Crippen molar-refractivity contribution in [2.75, 3.05) is 6.61 Å². The second-order valence-corrected chi connectivity index (χ2v) is 6.29. The molecule has 0 aliphatic carbocycles. The molecular weight excluding hydrogens is 386 g/mol. The summed E-state index contributed by atoms with van der Waals surface area (Å²) in [5.41, 5.74) is 0.800. The normalized spacial score (nSPS) is 11.2. The van der Waals surface area contributed by atoms with E-state index in [4.69, 9.17) is 14.2 Å². The number of carboxylic acids is 1. The van der Waals surface area contributed by atoms with Crippen LogP contribution in [-0.2, 0) is 16.1 Å². The zero-order valence-electron chi connectivity index (χ0n) is 16.1. The zero-order chi connectivity index (χ0) is 21.2. The van der Waals surface area contributed by atoms with Crippen molar-refractivity contribution in [3.63, 3.8) is 0 Å². The molecule has 7 heteroatoms. The lowest BCUT2D eigenvalue weighted by Crippen LogP contribution is -2.45. The number of para-hydroxylation sites is 1. The van der Waals surface area contributed by atoms with E-state index < -0.39 is 18.1 Å². The molecule has 0 saturated carbocycles. The average molecular weight is 407 g/mol. The highest BCUT2D eigenvalue weighted by Crippen LogP contribution is 2.23. The van der Waals surface area contributed by atoms with Crippen LogP contribution in [0.25, 0.3) is 0 Å². The number of alkyl carbamates (subject to hydrolysis) is 1. The fourth-order valence-electron chi connectivity index (χ4n) is 2.49. The number of ether oxygens (including phenoxy) is 3. The monoisotopic (exact) mass is 407 g/mol. The third-order valence-electron chi connectivity index (χ3n) is 4.02. The van der Waals surface area contributed by atoms with E-state index in [0.29, 0.717) is 17.2 Å². The van der Waals surface area contributed by atoms with Crippen LogP contribution < -0.4 is 14.8 Å². The molecule has 0 fully saturated rings. The van der Waals surface area contributed by atoms with Gasteiger partial charge >= 0.3 is 12.1 Å². The van der Waals surface area contributed by atoms with Gasteiger partial charge in [-0.15, -0.1) is 0 Å². The first-order chi connectivity index (χ1) is 14.6. The minimum Gasteiger partial charge on any atom is -0.491 e. The van der Waals surface area contributed by atoms with Gasteiger partial charge in [-0.1, -0.05) is 48.5 Å². The maximum absolute atomic E-state index is 11.9. The summed E-state index contributed by atoms with van der Waals surface area (Å²) >= 11 is 0. The van der Waals surface area contributed by atoms with Crippen molar-refractivity contribution in [3.8, 4) is 17.2 Å². The topological polar surface area (TPSA) is 94.1 Å². The van der Waals surface area contributed by atoms with Crippen molar-refractivity contribution < 1.29 is 28.9 Å². The van der Waals surface area contributed by atoms with E-state index in [-0.39, 0.29) is 13.2 Å². The van der Waals surface area contributed by atoms with Crippen LogP contribution >= 0.6 is 0 Å². The van der Waals surface area contributed by atoms with Gasteiger partial charge in [-0.2, -0.15) is 0 Å². The molecule has 1 unspecified atom stereocenters. The Labute approximate surface area is 173 Å². The maximum Gasteiger partial charge on any atom is 0.408 e. The molecule has 3 aromatic rings. The molecule has 7 nitrogen and oxygen atoms in total. The summed E-state index contributed by atoms with van der Waals surface area (Å²) in [6.45, 7) is -0.211. The number of rotatable bonds is 9. The fraction of sp³-hybridized carbons (Fsp3) is 0.130. The van der Waals surface area contributed by atoms with Crippen molar-refractivity contribution in [2.45, 2.75) is 12.6 Å². The lowest BCUT2D eigenvalue weighted by Gasteiger charge is -2.16. The molecule has 1 amide bonds. The van der Waals surface area contributed by atoms with Crippen molar-refractivity contribution >= 4 is 12.1 Å². The molecular formula is C23H21NO6. The second-order valence-electron chi connectivity index (χ2n) is 6.29. The number of benzene rings is 3. The van der Waals surface area contributed by atoms with Crippen molar-refractivity contribution in [2.24, 2.45) is 0 Å². The Hall–Kier alpha value is -4.00. The fourth-order valence-corrected chi connectivity index (χ4v) is 2.49. The summed E-state index contributed by atoms with van der Waals surface area (Å²) in [6, 6.07) is 23.9. The van der Waals surface area contributed by atoms with E-state index in [9.17, 15) is 14.7 Å². The number of carboxylic acid groups (broad SMARTS) is 1. The predicted octanol–water partition coefficient (Wildman–Crippen LogP) is 4.24. The van der Waals surface area contributed by atoms with Crippen LogP contribution in [0.3, 0.4) is 0 Å². The minimum absolute atomic E-state index is 0.0444. The molecule has 0 aliphatic rings. The van der Waals surface area contributed by atoms with Crippen molar-refractivity contribution in [1.29, 1.82) is 0 Å². The van der Waals surface area contributed by atoms with Gasteiger partial charge in [0.05, 0.1) is 0 Å². The Bertz CT molecular complexity index is 944. The van der Waals surface area contributed by atoms with Crippen LogP contribution in [0.4, 0.5) is 4.79 Å². The number of aliphatic carboxylic acids is 1. The minimum atomic E-state index is -1.26. The zero-order valence-corrected chi connectivity index (χ0v) is 16.1. The molecule has 0 bridgehead atoms. The average Bonchev–Trinajstić information content (AvgIpc) is 2.77. The predicted molar refractivity (Wildman–Crippen MR) is 110 cm³/mol. The quantitative estimate of drug-likeness (QED) is 0.551. The third-order valence-corrected chi connectivity index (χ3v) is 4.02. The molecule has 0 aliphatic heterocycles. The van der Waals surface area contributed by atoms with Gasteiger partial charge < -0.3 is 24.6 Å². The number of amides is 1. The van der Waals surface area contributed by atoms with Gasteiger partial charge in [0.15, 0.2) is 6.04 Å². The highest BCUT2D eigenvalue weighted by Gasteiger charge is 2.21. The SMILES string of the molecule is O=C(NC(COc1ccc(Oc2ccccc2)cc1)C(=O)O)OCc1ccccc1. The number of hydrogen-bond donors (Lipinski definition) is 2. The standard InChI is InChI=1S/C23H21NO6/c25-22(26)21(24-23(27)29-15-17-7-3-1-4-8-17)16-28-18-11-13-20(14-12-18)30-19-9-5-2-6-10-19/h1-14,21H,15-16H2,(H,24,27)(H,25,26). The van der Waals surface area contributed by atoms with Crippen LogP contribution in [0.1, 0.15) is 5.56 Å². The molecule has 30 heavy (non-hydrogen) atoms. The number of nitrogens with one attached hydrogen (secondary N) is 1. The lowest BCUT2D eigenvalue weighted by atomic mass is 10.2. The van der Waals surface area contributed by atoms with Crippen LogP contribution in [0, 0.1) is 0 Å². The van der Waals surface area contributed by atoms with Crippen LogP contribution in [0.2, 0.25) is 0 Å². The lowest BCUT2D eigenvalue weighted by molar-refractivity contribution is -0.140. The van der Waals surface area contributed by atoms with E-state index in [0.717, 1.165) is 5.56 Å². The Morgan fingerprint density at radius 1 is 0.800 bits per heavy atom. The van der Waals surface area contributed by atoms with E-state index in [1.54, 1.807) is 36.4 Å². The van der Waals surface area contributed by atoms with Gasteiger partial charge in [0, 0.05) is 0 Å². The molecule has 0 aromatic heterocycles. The largest absolute Gasteiger partial charge is 0.491 e. The first kappa shape index (κ1) is 20.7. The first-order valence-electron chi connectivity index (χ1n) is 9.26. The maximum atomic E-state index is 11.9. The molecule has 0 radical (unpaired) electrons. The van der Waals surface area contributed by atoms with E-state index in [1.807, 2.05) is 48.5 Å². The first-order valence-corrected chi connectivity index (χ1v) is 9.26. The van der Waals surface area contributed by atoms with Gasteiger partial charge in [0.25, 0.3) is 0 Å². The molecule has 3 rings (SSSR count). The molecule has 154 valence electrons. The highest BCUT2D eigenvalue weighted by atomic mass is 16.5. The summed E-state index contributed by atoms with van der Waals surface area (Å²) in [5, 5.41) is 11.6. The van der Waals surface area contributed by atoms with Gasteiger partial charge in [-0.3, -0.25) is 0 Å². The van der Waals surface area contributed by atoms with E-state index in [1.165, 1.54) is 0 Å². The molecule has 0 spiro atoms. The molecule has 0 heterocycles. The Morgan fingerprint density at radius 3 is 2.00 bits per heavy atom. The third kappa shape index (κ3) is 6.56. The Balaban J connectivity index is 1.48. The van der Waals surface area contributed by atoms with Gasteiger partial charge in [0.2, 0.25) is 0 Å². The summed E-state index contributed by atoms with van der Waals surface area (Å²) in [4.78, 5) is 23.3. The van der Waals surface area contributed by atoms with Crippen molar-refractivity contribution in [1.82, 2.24) is 5.32 Å². The van der Waals surface area contributed by atoms with E-state index in [2.05, 4.69) is 5.32 Å². The number of carbonyl (C=O) groups is 2. The smallest absolute Gasteiger partial charge is 0.408 e. The highest BCUT2D eigenvalue weighted by molar-refractivity contribution is 5.80. The summed E-state index contributed by atoms with van der Waals surface area (Å²) in [7, 11) is 0. The second kappa shape index (κ2) is 10.5. The summed E-state index contributed by atoms with van der Waals surface area (Å²) in [5.74, 6) is 0.540.